The lowest BCUT2D eigenvalue weighted by molar-refractivity contribution is -0.138. The van der Waals surface area contributed by atoms with Gasteiger partial charge in [0, 0.05) is 30.5 Å². The number of methoxy groups -OCH3 is 1. The van der Waals surface area contributed by atoms with Crippen molar-refractivity contribution < 1.29 is 14.6 Å². The number of rotatable bonds is 7. The fourth-order valence-electron chi connectivity index (χ4n) is 2.30. The number of aryl methyl sites for hydroxylation is 1. The fraction of sp³-hybridized carbons (Fsp3) is 0.375. The number of benzene rings is 1. The van der Waals surface area contributed by atoms with E-state index < -0.39 is 12.0 Å². The predicted octanol–water partition coefficient (Wildman–Crippen LogP) is 2.83. The summed E-state index contributed by atoms with van der Waals surface area (Å²) in [6, 6.07) is 8.96. The van der Waals surface area contributed by atoms with Crippen molar-refractivity contribution in [2.24, 2.45) is 0 Å². The number of ether oxygens (including phenoxy) is 1. The normalized spacial score (nSPS) is 12.3. The Balaban J connectivity index is 2.25. The average molecular weight is 288 g/mol. The Kier molecular flexibility index (Phi) is 5.11. The second-order valence-electron chi connectivity index (χ2n) is 5.00. The number of carboxylic acids is 1. The number of hydrogen-bond acceptors (Lipinski definition) is 4. The standard InChI is InChI=1S/C16H20N2O3/c1-11-10-15(12-6-3-4-7-13(12)17-11)18-14(16(19)20)8-5-9-21-2/h3-4,6-7,10,14H,5,8-9H2,1-2H3,(H,17,18)(H,19,20). The summed E-state index contributed by atoms with van der Waals surface area (Å²) in [4.78, 5) is 15.9. The summed E-state index contributed by atoms with van der Waals surface area (Å²) in [6.45, 7) is 2.46. The number of aromatic nitrogens is 1. The van der Waals surface area contributed by atoms with Crippen molar-refractivity contribution in [1.82, 2.24) is 4.98 Å². The van der Waals surface area contributed by atoms with E-state index in [0.29, 0.717) is 19.4 Å². The Hall–Kier alpha value is -2.14. The van der Waals surface area contributed by atoms with Gasteiger partial charge in [0.15, 0.2) is 0 Å². The Morgan fingerprint density at radius 1 is 1.43 bits per heavy atom. The number of carbonyl (C=O) groups is 1. The maximum atomic E-state index is 11.4. The first-order valence-electron chi connectivity index (χ1n) is 6.96. The lowest BCUT2D eigenvalue weighted by Gasteiger charge is -2.17. The number of para-hydroxylation sites is 1. The first-order valence-corrected chi connectivity index (χ1v) is 6.96. The maximum Gasteiger partial charge on any atom is 0.326 e. The number of fused-ring (bicyclic) bond motifs is 1. The highest BCUT2D eigenvalue weighted by molar-refractivity contribution is 5.93. The first-order chi connectivity index (χ1) is 10.1. The molecule has 0 fully saturated rings. The molecular formula is C16H20N2O3. The van der Waals surface area contributed by atoms with Crippen LogP contribution in [0, 0.1) is 6.92 Å². The zero-order valence-corrected chi connectivity index (χ0v) is 12.3. The molecule has 0 saturated heterocycles. The molecule has 1 aromatic heterocycles. The van der Waals surface area contributed by atoms with Crippen molar-refractivity contribution in [3.8, 4) is 0 Å². The molecule has 0 aliphatic heterocycles. The van der Waals surface area contributed by atoms with E-state index in [1.54, 1.807) is 7.11 Å². The van der Waals surface area contributed by atoms with E-state index in [2.05, 4.69) is 10.3 Å². The van der Waals surface area contributed by atoms with Crippen LogP contribution in [0.1, 0.15) is 18.5 Å². The molecule has 1 aromatic carbocycles. The van der Waals surface area contributed by atoms with E-state index in [9.17, 15) is 9.90 Å². The monoisotopic (exact) mass is 288 g/mol. The molecule has 5 heteroatoms. The topological polar surface area (TPSA) is 71.5 Å². The zero-order valence-electron chi connectivity index (χ0n) is 12.3. The minimum atomic E-state index is -0.857. The molecule has 2 aromatic rings. The molecule has 0 radical (unpaired) electrons. The molecular weight excluding hydrogens is 268 g/mol. The number of pyridine rings is 1. The first kappa shape index (κ1) is 15.3. The third kappa shape index (κ3) is 3.92. The number of nitrogens with zero attached hydrogens (tertiary/aromatic N) is 1. The van der Waals surface area contributed by atoms with Gasteiger partial charge < -0.3 is 15.2 Å². The zero-order chi connectivity index (χ0) is 15.2. The lowest BCUT2D eigenvalue weighted by atomic mass is 10.1. The molecule has 0 aliphatic carbocycles. The second-order valence-corrected chi connectivity index (χ2v) is 5.00. The number of hydrogen-bond donors (Lipinski definition) is 2. The van der Waals surface area contributed by atoms with E-state index in [0.717, 1.165) is 22.3 Å². The summed E-state index contributed by atoms with van der Waals surface area (Å²) in [6.07, 6.45) is 1.21. The van der Waals surface area contributed by atoms with Crippen molar-refractivity contribution in [2.45, 2.75) is 25.8 Å². The van der Waals surface area contributed by atoms with Crippen molar-refractivity contribution in [3.05, 3.63) is 36.0 Å². The van der Waals surface area contributed by atoms with Crippen LogP contribution in [-0.2, 0) is 9.53 Å². The Morgan fingerprint density at radius 3 is 2.90 bits per heavy atom. The van der Waals surface area contributed by atoms with Gasteiger partial charge in [0.25, 0.3) is 0 Å². The van der Waals surface area contributed by atoms with Crippen LogP contribution in [0.4, 0.5) is 5.69 Å². The number of carboxylic acid groups (broad SMARTS) is 1. The molecule has 0 amide bonds. The molecule has 1 unspecified atom stereocenters. The molecule has 0 saturated carbocycles. The highest BCUT2D eigenvalue weighted by Gasteiger charge is 2.18. The van der Waals surface area contributed by atoms with Gasteiger partial charge in [0.05, 0.1) is 5.52 Å². The number of nitrogens with one attached hydrogen (secondary N) is 1. The minimum Gasteiger partial charge on any atom is -0.480 e. The van der Waals surface area contributed by atoms with Crippen LogP contribution in [0.15, 0.2) is 30.3 Å². The Labute approximate surface area is 124 Å². The Morgan fingerprint density at radius 2 is 2.19 bits per heavy atom. The van der Waals surface area contributed by atoms with Gasteiger partial charge >= 0.3 is 5.97 Å². The highest BCUT2D eigenvalue weighted by atomic mass is 16.5. The molecule has 21 heavy (non-hydrogen) atoms. The maximum absolute atomic E-state index is 11.4. The van der Waals surface area contributed by atoms with E-state index in [4.69, 9.17) is 4.74 Å². The summed E-state index contributed by atoms with van der Waals surface area (Å²) in [5.74, 6) is -0.857. The summed E-state index contributed by atoms with van der Waals surface area (Å²) >= 11 is 0. The van der Waals surface area contributed by atoms with Crippen LogP contribution in [0.2, 0.25) is 0 Å². The van der Waals surface area contributed by atoms with E-state index in [1.165, 1.54) is 0 Å². The van der Waals surface area contributed by atoms with Gasteiger partial charge in [-0.1, -0.05) is 18.2 Å². The summed E-state index contributed by atoms with van der Waals surface area (Å²) < 4.78 is 4.98. The molecule has 1 heterocycles. The SMILES string of the molecule is COCCCC(Nc1cc(C)nc2ccccc12)C(=O)O. The molecule has 2 N–H and O–H groups in total. The summed E-state index contributed by atoms with van der Waals surface area (Å²) in [5.41, 5.74) is 2.53. The Bertz CT molecular complexity index is 628. The second kappa shape index (κ2) is 7.04. The molecule has 0 spiro atoms. The van der Waals surface area contributed by atoms with Crippen molar-refractivity contribution in [2.75, 3.05) is 19.0 Å². The van der Waals surface area contributed by atoms with Crippen LogP contribution in [0.5, 0.6) is 0 Å². The van der Waals surface area contributed by atoms with Gasteiger partial charge in [-0.05, 0) is 31.9 Å². The van der Waals surface area contributed by atoms with Gasteiger partial charge in [-0.15, -0.1) is 0 Å². The lowest BCUT2D eigenvalue weighted by Crippen LogP contribution is -2.29. The molecule has 112 valence electrons. The summed E-state index contributed by atoms with van der Waals surface area (Å²) in [7, 11) is 1.61. The molecule has 0 bridgehead atoms. The largest absolute Gasteiger partial charge is 0.480 e. The van der Waals surface area contributed by atoms with Gasteiger partial charge in [0.2, 0.25) is 0 Å². The van der Waals surface area contributed by atoms with Crippen molar-refractivity contribution >= 4 is 22.6 Å². The highest BCUT2D eigenvalue weighted by Crippen LogP contribution is 2.24. The molecule has 2 rings (SSSR count). The van der Waals surface area contributed by atoms with Crippen LogP contribution >= 0.6 is 0 Å². The van der Waals surface area contributed by atoms with Crippen LogP contribution in [0.3, 0.4) is 0 Å². The van der Waals surface area contributed by atoms with Crippen LogP contribution < -0.4 is 5.32 Å². The summed E-state index contributed by atoms with van der Waals surface area (Å²) in [5, 5.41) is 13.4. The fourth-order valence-corrected chi connectivity index (χ4v) is 2.30. The van der Waals surface area contributed by atoms with Crippen molar-refractivity contribution in [3.63, 3.8) is 0 Å². The van der Waals surface area contributed by atoms with Gasteiger partial charge in [-0.3, -0.25) is 4.98 Å². The van der Waals surface area contributed by atoms with Gasteiger partial charge in [-0.25, -0.2) is 4.79 Å². The third-order valence-electron chi connectivity index (χ3n) is 3.31. The molecule has 0 aliphatic rings. The van der Waals surface area contributed by atoms with E-state index >= 15 is 0 Å². The minimum absolute atomic E-state index is 0.513. The average Bonchev–Trinajstić information content (AvgIpc) is 2.46. The predicted molar refractivity (Wildman–Crippen MR) is 82.6 cm³/mol. The number of anilines is 1. The molecule has 1 atom stereocenters. The van der Waals surface area contributed by atoms with Gasteiger partial charge in [-0.2, -0.15) is 0 Å². The van der Waals surface area contributed by atoms with Crippen LogP contribution in [0.25, 0.3) is 10.9 Å². The third-order valence-corrected chi connectivity index (χ3v) is 3.31. The number of aliphatic carboxylic acids is 1. The van der Waals surface area contributed by atoms with Gasteiger partial charge in [0.1, 0.15) is 6.04 Å². The van der Waals surface area contributed by atoms with Crippen molar-refractivity contribution in [1.29, 1.82) is 0 Å². The van der Waals surface area contributed by atoms with E-state index in [1.807, 2.05) is 37.3 Å². The molecule has 5 nitrogen and oxygen atoms in total. The quantitative estimate of drug-likeness (QED) is 0.767. The van der Waals surface area contributed by atoms with Crippen LogP contribution in [-0.4, -0.2) is 35.8 Å². The van der Waals surface area contributed by atoms with E-state index in [-0.39, 0.29) is 0 Å². The smallest absolute Gasteiger partial charge is 0.326 e.